The Hall–Kier alpha value is -1.90. The first kappa shape index (κ1) is 10.6. The molecule has 3 heteroatoms. The molecular formula is C13H13NO2. The highest BCUT2D eigenvalue weighted by molar-refractivity contribution is 5.79. The molecule has 0 saturated carbocycles. The number of aliphatic carboxylic acids is 1. The van der Waals surface area contributed by atoms with Crippen molar-refractivity contribution in [3.63, 3.8) is 0 Å². The summed E-state index contributed by atoms with van der Waals surface area (Å²) in [7, 11) is 0. The predicted molar refractivity (Wildman–Crippen MR) is 62.2 cm³/mol. The minimum Gasteiger partial charge on any atom is -0.481 e. The van der Waals surface area contributed by atoms with E-state index in [1.165, 1.54) is 0 Å². The van der Waals surface area contributed by atoms with Crippen LogP contribution in [0.25, 0.3) is 10.9 Å². The van der Waals surface area contributed by atoms with E-state index in [4.69, 9.17) is 5.11 Å². The smallest absolute Gasteiger partial charge is 0.306 e. The van der Waals surface area contributed by atoms with E-state index in [1.54, 1.807) is 13.1 Å². The van der Waals surface area contributed by atoms with E-state index in [1.807, 2.05) is 30.3 Å². The van der Waals surface area contributed by atoms with Gasteiger partial charge in [-0.2, -0.15) is 0 Å². The van der Waals surface area contributed by atoms with Gasteiger partial charge in [0, 0.05) is 11.6 Å². The summed E-state index contributed by atoms with van der Waals surface area (Å²) in [6.45, 7) is 1.71. The summed E-state index contributed by atoms with van der Waals surface area (Å²) in [5, 5.41) is 9.92. The van der Waals surface area contributed by atoms with Crippen LogP contribution in [0.4, 0.5) is 0 Å². The van der Waals surface area contributed by atoms with Gasteiger partial charge in [-0.3, -0.25) is 9.78 Å². The molecule has 0 spiro atoms. The zero-order valence-electron chi connectivity index (χ0n) is 9.05. The second kappa shape index (κ2) is 4.31. The van der Waals surface area contributed by atoms with Crippen LogP contribution < -0.4 is 0 Å². The van der Waals surface area contributed by atoms with E-state index in [0.717, 1.165) is 16.5 Å². The van der Waals surface area contributed by atoms with E-state index < -0.39 is 5.97 Å². The SMILES string of the molecule is C[C@@H](Cc1ccc2cccnc2c1)C(=O)O. The average molecular weight is 215 g/mol. The van der Waals surface area contributed by atoms with Gasteiger partial charge in [-0.25, -0.2) is 0 Å². The number of fused-ring (bicyclic) bond motifs is 1. The van der Waals surface area contributed by atoms with Crippen LogP contribution in [0.15, 0.2) is 36.5 Å². The largest absolute Gasteiger partial charge is 0.481 e. The fourth-order valence-electron chi connectivity index (χ4n) is 1.68. The quantitative estimate of drug-likeness (QED) is 0.855. The van der Waals surface area contributed by atoms with Crippen LogP contribution in [0, 0.1) is 5.92 Å². The van der Waals surface area contributed by atoms with E-state index in [0.29, 0.717) is 6.42 Å². The van der Waals surface area contributed by atoms with Gasteiger partial charge < -0.3 is 5.11 Å². The first-order chi connectivity index (χ1) is 7.66. The number of carbonyl (C=O) groups is 1. The molecule has 0 fully saturated rings. The molecule has 2 aromatic rings. The Morgan fingerprint density at radius 3 is 3.00 bits per heavy atom. The van der Waals surface area contributed by atoms with Crippen LogP contribution in [0.1, 0.15) is 12.5 Å². The lowest BCUT2D eigenvalue weighted by atomic mass is 10.0. The van der Waals surface area contributed by atoms with Crippen molar-refractivity contribution in [1.82, 2.24) is 4.98 Å². The minimum absolute atomic E-state index is 0.360. The molecule has 16 heavy (non-hydrogen) atoms. The molecule has 0 radical (unpaired) electrons. The Labute approximate surface area is 93.7 Å². The molecule has 0 amide bonds. The van der Waals surface area contributed by atoms with Crippen molar-refractivity contribution in [1.29, 1.82) is 0 Å². The number of benzene rings is 1. The Morgan fingerprint density at radius 1 is 1.44 bits per heavy atom. The molecule has 3 nitrogen and oxygen atoms in total. The van der Waals surface area contributed by atoms with Crippen LogP contribution >= 0.6 is 0 Å². The van der Waals surface area contributed by atoms with Crippen molar-refractivity contribution >= 4 is 16.9 Å². The molecule has 1 aromatic heterocycles. The minimum atomic E-state index is -0.763. The Kier molecular flexibility index (Phi) is 2.86. The van der Waals surface area contributed by atoms with Crippen LogP contribution in [0.5, 0.6) is 0 Å². The number of aromatic nitrogens is 1. The van der Waals surface area contributed by atoms with Gasteiger partial charge in [0.05, 0.1) is 11.4 Å². The van der Waals surface area contributed by atoms with Gasteiger partial charge >= 0.3 is 5.97 Å². The maximum atomic E-state index is 10.8. The van der Waals surface area contributed by atoms with Crippen LogP contribution in [-0.4, -0.2) is 16.1 Å². The zero-order chi connectivity index (χ0) is 11.5. The summed E-state index contributed by atoms with van der Waals surface area (Å²) in [5.74, 6) is -1.12. The van der Waals surface area contributed by atoms with E-state index in [9.17, 15) is 4.79 Å². The molecule has 0 saturated heterocycles. The number of nitrogens with zero attached hydrogens (tertiary/aromatic N) is 1. The fourth-order valence-corrected chi connectivity index (χ4v) is 1.68. The van der Waals surface area contributed by atoms with E-state index in [-0.39, 0.29) is 5.92 Å². The topological polar surface area (TPSA) is 50.2 Å². The van der Waals surface area contributed by atoms with Crippen LogP contribution in [0.3, 0.4) is 0 Å². The Balaban J connectivity index is 2.29. The number of carboxylic acids is 1. The fraction of sp³-hybridized carbons (Fsp3) is 0.231. The lowest BCUT2D eigenvalue weighted by Gasteiger charge is -2.06. The Bertz CT molecular complexity index is 522. The molecule has 1 N–H and O–H groups in total. The molecule has 0 aliphatic rings. The van der Waals surface area contributed by atoms with Crippen LogP contribution in [-0.2, 0) is 11.2 Å². The second-order valence-corrected chi connectivity index (χ2v) is 3.97. The van der Waals surface area contributed by atoms with Gasteiger partial charge in [0.1, 0.15) is 0 Å². The molecule has 0 aliphatic carbocycles. The molecule has 0 bridgehead atoms. The van der Waals surface area contributed by atoms with Gasteiger partial charge in [0.15, 0.2) is 0 Å². The number of hydrogen-bond donors (Lipinski definition) is 1. The first-order valence-corrected chi connectivity index (χ1v) is 5.23. The molecule has 0 aliphatic heterocycles. The summed E-state index contributed by atoms with van der Waals surface area (Å²) in [5.41, 5.74) is 1.93. The lowest BCUT2D eigenvalue weighted by Crippen LogP contribution is -2.12. The lowest BCUT2D eigenvalue weighted by molar-refractivity contribution is -0.141. The molecule has 1 heterocycles. The molecule has 0 unspecified atom stereocenters. The third-order valence-electron chi connectivity index (χ3n) is 2.63. The standard InChI is InChI=1S/C13H13NO2/c1-9(13(15)16)7-10-4-5-11-3-2-6-14-12(11)8-10/h2-6,8-9H,7H2,1H3,(H,15,16)/t9-/m0/s1. The highest BCUT2D eigenvalue weighted by Gasteiger charge is 2.11. The second-order valence-electron chi connectivity index (χ2n) is 3.97. The Morgan fingerprint density at radius 2 is 2.25 bits per heavy atom. The normalized spacial score (nSPS) is 12.6. The average Bonchev–Trinajstić information content (AvgIpc) is 2.28. The molecular weight excluding hydrogens is 202 g/mol. The molecule has 2 rings (SSSR count). The molecule has 1 atom stereocenters. The van der Waals surface area contributed by atoms with Crippen molar-refractivity contribution in [2.75, 3.05) is 0 Å². The zero-order valence-corrected chi connectivity index (χ0v) is 9.05. The van der Waals surface area contributed by atoms with Gasteiger partial charge in [-0.15, -0.1) is 0 Å². The van der Waals surface area contributed by atoms with E-state index in [2.05, 4.69) is 4.98 Å². The number of hydrogen-bond acceptors (Lipinski definition) is 2. The van der Waals surface area contributed by atoms with Gasteiger partial charge in [0.2, 0.25) is 0 Å². The highest BCUT2D eigenvalue weighted by Crippen LogP contribution is 2.16. The highest BCUT2D eigenvalue weighted by atomic mass is 16.4. The van der Waals surface area contributed by atoms with Gasteiger partial charge in [-0.05, 0) is 24.1 Å². The molecule has 1 aromatic carbocycles. The third-order valence-corrected chi connectivity index (χ3v) is 2.63. The van der Waals surface area contributed by atoms with Gasteiger partial charge in [0.25, 0.3) is 0 Å². The maximum absolute atomic E-state index is 10.8. The van der Waals surface area contributed by atoms with Crippen molar-refractivity contribution in [2.24, 2.45) is 5.92 Å². The van der Waals surface area contributed by atoms with Crippen molar-refractivity contribution in [3.8, 4) is 0 Å². The van der Waals surface area contributed by atoms with Crippen molar-refractivity contribution in [2.45, 2.75) is 13.3 Å². The van der Waals surface area contributed by atoms with Crippen molar-refractivity contribution < 1.29 is 9.90 Å². The monoisotopic (exact) mass is 215 g/mol. The number of carboxylic acid groups (broad SMARTS) is 1. The summed E-state index contributed by atoms with van der Waals surface area (Å²) < 4.78 is 0. The maximum Gasteiger partial charge on any atom is 0.306 e. The van der Waals surface area contributed by atoms with E-state index >= 15 is 0 Å². The third kappa shape index (κ3) is 2.19. The number of rotatable bonds is 3. The first-order valence-electron chi connectivity index (χ1n) is 5.23. The summed E-state index contributed by atoms with van der Waals surface area (Å²) >= 11 is 0. The number of pyridine rings is 1. The van der Waals surface area contributed by atoms with Gasteiger partial charge in [-0.1, -0.05) is 25.1 Å². The van der Waals surface area contributed by atoms with Crippen molar-refractivity contribution in [3.05, 3.63) is 42.1 Å². The predicted octanol–water partition coefficient (Wildman–Crippen LogP) is 2.50. The summed E-state index contributed by atoms with van der Waals surface area (Å²) in [6.07, 6.45) is 2.29. The molecule has 82 valence electrons. The summed E-state index contributed by atoms with van der Waals surface area (Å²) in [6, 6.07) is 9.78. The van der Waals surface area contributed by atoms with Crippen LogP contribution in [0.2, 0.25) is 0 Å². The summed E-state index contributed by atoms with van der Waals surface area (Å²) in [4.78, 5) is 15.0.